The molecule has 42 heavy (non-hydrogen) atoms. The van der Waals surface area contributed by atoms with Gasteiger partial charge in [0.15, 0.2) is 5.78 Å². The Kier molecular flexibility index (Phi) is 9.24. The zero-order valence-corrected chi connectivity index (χ0v) is 23.5. The Bertz CT molecular complexity index is 1620. The molecule has 6 nitrogen and oxygen atoms in total. The second-order valence-electron chi connectivity index (χ2n) is 10.3. The highest BCUT2D eigenvalue weighted by Crippen LogP contribution is 2.24. The lowest BCUT2D eigenvalue weighted by Crippen LogP contribution is -2.18. The SMILES string of the molecule is Cc1oc(-c2ccccc2)nc1CCOc1ccc(CC(CCc2ccccc2C(=O)c2ccccc2)C(=O)O)cc1. The van der Waals surface area contributed by atoms with E-state index in [9.17, 15) is 14.7 Å². The molecule has 1 heterocycles. The van der Waals surface area contributed by atoms with Crippen LogP contribution in [0.25, 0.3) is 11.5 Å². The zero-order chi connectivity index (χ0) is 29.3. The number of hydrogen-bond donors (Lipinski definition) is 1. The molecule has 0 amide bonds. The van der Waals surface area contributed by atoms with Gasteiger partial charge in [-0.1, -0.05) is 84.9 Å². The molecule has 0 spiro atoms. The highest BCUT2D eigenvalue weighted by atomic mass is 16.5. The maximum Gasteiger partial charge on any atom is 0.306 e. The van der Waals surface area contributed by atoms with Crippen LogP contribution in [0.4, 0.5) is 0 Å². The lowest BCUT2D eigenvalue weighted by Gasteiger charge is -2.15. The van der Waals surface area contributed by atoms with Gasteiger partial charge in [-0.2, -0.15) is 0 Å². The zero-order valence-electron chi connectivity index (χ0n) is 23.5. The van der Waals surface area contributed by atoms with Gasteiger partial charge in [0.05, 0.1) is 18.2 Å². The van der Waals surface area contributed by atoms with Crippen molar-refractivity contribution in [2.45, 2.75) is 32.6 Å². The number of ether oxygens (including phenoxy) is 1. The fourth-order valence-corrected chi connectivity index (χ4v) is 4.98. The van der Waals surface area contributed by atoms with E-state index in [4.69, 9.17) is 9.15 Å². The molecule has 5 aromatic rings. The van der Waals surface area contributed by atoms with Crippen molar-refractivity contribution in [3.8, 4) is 17.2 Å². The number of ketones is 1. The quantitative estimate of drug-likeness (QED) is 0.151. The first-order valence-electron chi connectivity index (χ1n) is 14.1. The van der Waals surface area contributed by atoms with Crippen molar-refractivity contribution < 1.29 is 23.8 Å². The summed E-state index contributed by atoms with van der Waals surface area (Å²) in [6.45, 7) is 2.35. The second-order valence-corrected chi connectivity index (χ2v) is 10.3. The molecule has 0 bridgehead atoms. The minimum Gasteiger partial charge on any atom is -0.493 e. The Morgan fingerprint density at radius 1 is 0.833 bits per heavy atom. The molecule has 4 aromatic carbocycles. The third-order valence-corrected chi connectivity index (χ3v) is 7.34. The van der Waals surface area contributed by atoms with E-state index >= 15 is 0 Å². The summed E-state index contributed by atoms with van der Waals surface area (Å²) >= 11 is 0. The van der Waals surface area contributed by atoms with Gasteiger partial charge in [0.2, 0.25) is 5.89 Å². The molecule has 1 aromatic heterocycles. The normalized spacial score (nSPS) is 11.6. The van der Waals surface area contributed by atoms with Crippen LogP contribution in [0.3, 0.4) is 0 Å². The van der Waals surface area contributed by atoms with Gasteiger partial charge in [-0.15, -0.1) is 0 Å². The first-order valence-corrected chi connectivity index (χ1v) is 14.1. The molecule has 0 saturated carbocycles. The first kappa shape index (κ1) is 28.6. The minimum atomic E-state index is -0.847. The second kappa shape index (κ2) is 13.6. The molecular formula is C36H33NO5. The highest BCUT2D eigenvalue weighted by Gasteiger charge is 2.20. The Balaban J connectivity index is 1.15. The third kappa shape index (κ3) is 7.21. The molecule has 0 saturated heterocycles. The summed E-state index contributed by atoms with van der Waals surface area (Å²) in [5.41, 5.74) is 4.82. The van der Waals surface area contributed by atoms with E-state index in [1.807, 2.05) is 104 Å². The third-order valence-electron chi connectivity index (χ3n) is 7.34. The van der Waals surface area contributed by atoms with Gasteiger partial charge in [-0.05, 0) is 61.6 Å². The number of aryl methyl sites for hydroxylation is 2. The summed E-state index contributed by atoms with van der Waals surface area (Å²) in [6.07, 6.45) is 1.93. The predicted molar refractivity (Wildman–Crippen MR) is 162 cm³/mol. The van der Waals surface area contributed by atoms with Crippen LogP contribution in [0.15, 0.2) is 114 Å². The Morgan fingerprint density at radius 2 is 1.50 bits per heavy atom. The van der Waals surface area contributed by atoms with E-state index < -0.39 is 11.9 Å². The molecule has 1 N–H and O–H groups in total. The van der Waals surface area contributed by atoms with Gasteiger partial charge in [-0.25, -0.2) is 4.98 Å². The van der Waals surface area contributed by atoms with Gasteiger partial charge in [-0.3, -0.25) is 9.59 Å². The molecule has 0 fully saturated rings. The van der Waals surface area contributed by atoms with Gasteiger partial charge >= 0.3 is 5.97 Å². The van der Waals surface area contributed by atoms with Crippen molar-refractivity contribution in [3.63, 3.8) is 0 Å². The number of carbonyl (C=O) groups is 2. The number of carboxylic acid groups (broad SMARTS) is 1. The molecule has 1 unspecified atom stereocenters. The predicted octanol–water partition coefficient (Wildman–Crippen LogP) is 7.38. The number of aliphatic carboxylic acids is 1. The summed E-state index contributed by atoms with van der Waals surface area (Å²) in [7, 11) is 0. The van der Waals surface area contributed by atoms with Gasteiger partial charge < -0.3 is 14.3 Å². The number of benzene rings is 4. The number of carbonyl (C=O) groups excluding carboxylic acids is 1. The number of rotatable bonds is 13. The Hall–Kier alpha value is -4.97. The van der Waals surface area contributed by atoms with E-state index in [0.29, 0.717) is 55.1 Å². The number of carboxylic acids is 1. The number of hydrogen-bond acceptors (Lipinski definition) is 5. The van der Waals surface area contributed by atoms with Crippen LogP contribution >= 0.6 is 0 Å². The van der Waals surface area contributed by atoms with E-state index in [-0.39, 0.29) is 5.78 Å². The molecule has 0 radical (unpaired) electrons. The lowest BCUT2D eigenvalue weighted by molar-refractivity contribution is -0.141. The smallest absolute Gasteiger partial charge is 0.306 e. The Morgan fingerprint density at radius 3 is 2.21 bits per heavy atom. The summed E-state index contributed by atoms with van der Waals surface area (Å²) in [4.78, 5) is 29.8. The molecule has 5 rings (SSSR count). The van der Waals surface area contributed by atoms with Crippen LogP contribution in [0.2, 0.25) is 0 Å². The van der Waals surface area contributed by atoms with Crippen LogP contribution in [0.1, 0.15) is 44.9 Å². The molecule has 212 valence electrons. The monoisotopic (exact) mass is 559 g/mol. The summed E-state index contributed by atoms with van der Waals surface area (Å²) < 4.78 is 11.8. The lowest BCUT2D eigenvalue weighted by atomic mass is 9.90. The van der Waals surface area contributed by atoms with Crippen LogP contribution in [0.5, 0.6) is 5.75 Å². The van der Waals surface area contributed by atoms with E-state index in [1.165, 1.54) is 0 Å². The number of nitrogens with zero attached hydrogens (tertiary/aromatic N) is 1. The molecule has 0 aliphatic heterocycles. The minimum absolute atomic E-state index is 0.0518. The first-order chi connectivity index (χ1) is 20.5. The van der Waals surface area contributed by atoms with Crippen molar-refractivity contribution in [2.75, 3.05) is 6.61 Å². The van der Waals surface area contributed by atoms with Crippen molar-refractivity contribution >= 4 is 11.8 Å². The fourth-order valence-electron chi connectivity index (χ4n) is 4.98. The fraction of sp³-hybridized carbons (Fsp3) is 0.194. The largest absolute Gasteiger partial charge is 0.493 e. The molecule has 0 aliphatic rings. The summed E-state index contributed by atoms with van der Waals surface area (Å²) in [6, 6.07) is 33.9. The maximum atomic E-state index is 13.1. The Labute approximate surface area is 245 Å². The molecule has 6 heteroatoms. The van der Waals surface area contributed by atoms with Gasteiger partial charge in [0.25, 0.3) is 0 Å². The van der Waals surface area contributed by atoms with Crippen LogP contribution in [-0.4, -0.2) is 28.4 Å². The van der Waals surface area contributed by atoms with Crippen LogP contribution < -0.4 is 4.74 Å². The standard InChI is InChI=1S/C36H33NO5/c1-25-33(37-35(42-25)29-13-6-3-7-14-29)22-23-41-31-20-16-26(17-21-31)24-30(36(39)40)19-18-27-10-8-9-15-32(27)34(38)28-11-4-2-5-12-28/h2-17,20-21,30H,18-19,22-24H2,1H3,(H,39,40). The molecule has 0 aliphatic carbocycles. The van der Waals surface area contributed by atoms with Gasteiger partial charge in [0.1, 0.15) is 11.5 Å². The summed E-state index contributed by atoms with van der Waals surface area (Å²) in [5.74, 6) is 0.615. The van der Waals surface area contributed by atoms with Crippen molar-refractivity contribution in [3.05, 3.63) is 143 Å². The van der Waals surface area contributed by atoms with Crippen LogP contribution in [0, 0.1) is 12.8 Å². The molecular weight excluding hydrogens is 526 g/mol. The van der Waals surface area contributed by atoms with E-state index in [1.54, 1.807) is 12.1 Å². The number of oxazole rings is 1. The molecule has 1 atom stereocenters. The number of aromatic nitrogens is 1. The van der Waals surface area contributed by atoms with Crippen molar-refractivity contribution in [2.24, 2.45) is 5.92 Å². The maximum absolute atomic E-state index is 13.1. The van der Waals surface area contributed by atoms with Gasteiger partial charge in [0, 0.05) is 23.1 Å². The topological polar surface area (TPSA) is 89.6 Å². The van der Waals surface area contributed by atoms with E-state index in [2.05, 4.69) is 4.98 Å². The van der Waals surface area contributed by atoms with Crippen LogP contribution in [-0.2, 0) is 24.1 Å². The average molecular weight is 560 g/mol. The average Bonchev–Trinajstić information content (AvgIpc) is 3.40. The van der Waals surface area contributed by atoms with Crippen molar-refractivity contribution in [1.82, 2.24) is 4.98 Å². The van der Waals surface area contributed by atoms with Crippen molar-refractivity contribution in [1.29, 1.82) is 0 Å². The highest BCUT2D eigenvalue weighted by molar-refractivity contribution is 6.09. The summed E-state index contributed by atoms with van der Waals surface area (Å²) in [5, 5.41) is 9.94. The van der Waals surface area contributed by atoms with E-state index in [0.717, 1.165) is 28.1 Å².